The highest BCUT2D eigenvalue weighted by Gasteiger charge is 2.31. The fourth-order valence-corrected chi connectivity index (χ4v) is 4.75. The van der Waals surface area contributed by atoms with Crippen molar-refractivity contribution in [3.05, 3.63) is 52.9 Å². The normalized spacial score (nSPS) is 20.1. The second-order valence-electron chi connectivity index (χ2n) is 9.13. The summed E-state index contributed by atoms with van der Waals surface area (Å²) < 4.78 is 0. The summed E-state index contributed by atoms with van der Waals surface area (Å²) in [5.41, 5.74) is 12.9. The summed E-state index contributed by atoms with van der Waals surface area (Å²) in [6.07, 6.45) is 14.8. The number of carbonyl (C=O) groups excluding carboxylic acids is 1. The highest BCUT2D eigenvalue weighted by Crippen LogP contribution is 2.33. The molecule has 31 heavy (non-hydrogen) atoms. The van der Waals surface area contributed by atoms with Crippen LogP contribution < -0.4 is 16.4 Å². The number of amides is 1. The van der Waals surface area contributed by atoms with Gasteiger partial charge in [0.15, 0.2) is 0 Å². The van der Waals surface area contributed by atoms with Crippen LogP contribution in [0.1, 0.15) is 69.1 Å². The van der Waals surface area contributed by atoms with Crippen LogP contribution in [0, 0.1) is 5.92 Å². The number of hydrogen-bond donors (Lipinski definition) is 3. The van der Waals surface area contributed by atoms with E-state index in [-0.39, 0.29) is 0 Å². The molecule has 2 aliphatic heterocycles. The topological polar surface area (TPSA) is 70.4 Å². The second kappa shape index (κ2) is 9.63. The molecule has 5 heteroatoms. The fourth-order valence-electron chi connectivity index (χ4n) is 4.75. The van der Waals surface area contributed by atoms with Crippen molar-refractivity contribution in [1.29, 1.82) is 0 Å². The molecule has 1 aliphatic carbocycles. The van der Waals surface area contributed by atoms with Crippen molar-refractivity contribution < 1.29 is 4.79 Å². The molecule has 0 atom stereocenters. The zero-order valence-corrected chi connectivity index (χ0v) is 18.9. The predicted octanol–water partition coefficient (Wildman–Crippen LogP) is 4.62. The first-order valence-electron chi connectivity index (χ1n) is 11.8. The van der Waals surface area contributed by atoms with Crippen LogP contribution in [0.2, 0.25) is 0 Å². The molecule has 0 radical (unpaired) electrons. The maximum absolute atomic E-state index is 12.6. The quantitative estimate of drug-likeness (QED) is 0.587. The number of allylic oxidation sites excluding steroid dienone is 4. The monoisotopic (exact) mass is 420 g/mol. The van der Waals surface area contributed by atoms with E-state index in [0.29, 0.717) is 17.9 Å². The Morgan fingerprint density at radius 1 is 1.26 bits per heavy atom. The highest BCUT2D eigenvalue weighted by atomic mass is 16.2. The lowest BCUT2D eigenvalue weighted by molar-refractivity contribution is -0.139. The molecule has 0 bridgehead atoms. The van der Waals surface area contributed by atoms with E-state index in [9.17, 15) is 4.79 Å². The van der Waals surface area contributed by atoms with Crippen LogP contribution in [-0.4, -0.2) is 29.9 Å². The van der Waals surface area contributed by atoms with Crippen LogP contribution in [0.15, 0.2) is 36.2 Å². The van der Waals surface area contributed by atoms with Gasteiger partial charge in [0.05, 0.1) is 0 Å². The van der Waals surface area contributed by atoms with Gasteiger partial charge in [0.25, 0.3) is 0 Å². The number of benzene rings is 1. The SMILES string of the molecule is CC/C=C(\C=C(\C)N)c1cc2c(c(NC3CCN(C(=O)C4CCC4)CC3)c1)CNC=C2. The number of nitrogens with two attached hydrogens (primary N) is 1. The first kappa shape index (κ1) is 21.5. The molecule has 1 aromatic carbocycles. The average Bonchev–Trinajstić information content (AvgIpc) is 2.72. The minimum atomic E-state index is 0.300. The summed E-state index contributed by atoms with van der Waals surface area (Å²) in [7, 11) is 0. The van der Waals surface area contributed by atoms with Crippen molar-refractivity contribution in [2.24, 2.45) is 11.7 Å². The predicted molar refractivity (Wildman–Crippen MR) is 129 cm³/mol. The van der Waals surface area contributed by atoms with Crippen molar-refractivity contribution >= 4 is 23.2 Å². The summed E-state index contributed by atoms with van der Waals surface area (Å²) in [5.74, 6) is 0.686. The number of nitrogens with one attached hydrogen (secondary N) is 2. The summed E-state index contributed by atoms with van der Waals surface area (Å²) in [6.45, 7) is 6.64. The van der Waals surface area contributed by atoms with Gasteiger partial charge in [-0.1, -0.05) is 19.4 Å². The summed E-state index contributed by atoms with van der Waals surface area (Å²) >= 11 is 0. The smallest absolute Gasteiger partial charge is 0.225 e. The van der Waals surface area contributed by atoms with Crippen molar-refractivity contribution in [2.75, 3.05) is 18.4 Å². The summed E-state index contributed by atoms with van der Waals surface area (Å²) in [5, 5.41) is 7.18. The van der Waals surface area contributed by atoms with Gasteiger partial charge in [-0.05, 0) is 86.2 Å². The fraction of sp³-hybridized carbons (Fsp3) is 0.500. The van der Waals surface area contributed by atoms with E-state index in [2.05, 4.69) is 52.8 Å². The van der Waals surface area contributed by atoms with E-state index in [4.69, 9.17) is 5.73 Å². The third-order valence-electron chi connectivity index (χ3n) is 6.71. The molecule has 3 aliphatic rings. The minimum absolute atomic E-state index is 0.300. The van der Waals surface area contributed by atoms with E-state index >= 15 is 0 Å². The number of carbonyl (C=O) groups is 1. The maximum Gasteiger partial charge on any atom is 0.225 e. The lowest BCUT2D eigenvalue weighted by Crippen LogP contribution is -2.46. The zero-order chi connectivity index (χ0) is 21.8. The van der Waals surface area contributed by atoms with E-state index < -0.39 is 0 Å². The first-order valence-corrected chi connectivity index (χ1v) is 11.8. The molecule has 0 aromatic heterocycles. The van der Waals surface area contributed by atoms with Gasteiger partial charge in [-0.15, -0.1) is 0 Å². The van der Waals surface area contributed by atoms with Crippen molar-refractivity contribution in [3.63, 3.8) is 0 Å². The number of nitrogens with zero attached hydrogens (tertiary/aromatic N) is 1. The van der Waals surface area contributed by atoms with Gasteiger partial charge in [0, 0.05) is 48.5 Å². The van der Waals surface area contributed by atoms with Gasteiger partial charge in [-0.2, -0.15) is 0 Å². The number of likely N-dealkylation sites (tertiary alicyclic amines) is 1. The molecule has 166 valence electrons. The molecular weight excluding hydrogens is 384 g/mol. The van der Waals surface area contributed by atoms with E-state index in [1.54, 1.807) is 0 Å². The van der Waals surface area contributed by atoms with Crippen molar-refractivity contribution in [3.8, 4) is 0 Å². The first-order chi connectivity index (χ1) is 15.0. The maximum atomic E-state index is 12.6. The molecule has 5 nitrogen and oxygen atoms in total. The van der Waals surface area contributed by atoms with Crippen LogP contribution in [0.25, 0.3) is 11.6 Å². The molecule has 1 aromatic rings. The standard InChI is InChI=1S/C26H36N4O/c1-3-5-20(14-18(2)27)22-15-21-8-11-28-17-24(21)25(16-22)29-23-9-12-30(13-10-23)26(31)19-6-4-7-19/h5,8,11,14-16,19,23,28-29H,3-4,6-7,9-10,12-13,17,27H2,1-2H3/b18-14-,20-5+. The van der Waals surface area contributed by atoms with Crippen LogP contribution in [0.4, 0.5) is 5.69 Å². The number of rotatable bonds is 6. The van der Waals surface area contributed by atoms with Gasteiger partial charge >= 0.3 is 0 Å². The Balaban J connectivity index is 1.52. The molecule has 1 saturated carbocycles. The lowest BCUT2D eigenvalue weighted by atomic mass is 9.84. The Morgan fingerprint density at radius 2 is 2.03 bits per heavy atom. The van der Waals surface area contributed by atoms with Gasteiger partial charge in [-0.25, -0.2) is 0 Å². The lowest BCUT2D eigenvalue weighted by Gasteiger charge is -2.37. The zero-order valence-electron chi connectivity index (χ0n) is 18.9. The number of piperidine rings is 1. The molecule has 2 fully saturated rings. The van der Waals surface area contributed by atoms with Crippen LogP contribution in [-0.2, 0) is 11.3 Å². The minimum Gasteiger partial charge on any atom is -0.402 e. The number of hydrogen-bond acceptors (Lipinski definition) is 4. The van der Waals surface area contributed by atoms with Gasteiger partial charge < -0.3 is 21.3 Å². The molecule has 2 heterocycles. The largest absolute Gasteiger partial charge is 0.402 e. The van der Waals surface area contributed by atoms with Gasteiger partial charge in [0.1, 0.15) is 0 Å². The third kappa shape index (κ3) is 4.97. The number of fused-ring (bicyclic) bond motifs is 1. The van der Waals surface area contributed by atoms with Gasteiger partial charge in [-0.3, -0.25) is 4.79 Å². The Labute approximate surface area is 186 Å². The van der Waals surface area contributed by atoms with E-state index in [1.165, 1.54) is 34.4 Å². The van der Waals surface area contributed by atoms with Gasteiger partial charge in [0.2, 0.25) is 5.91 Å². The van der Waals surface area contributed by atoms with Crippen LogP contribution >= 0.6 is 0 Å². The van der Waals surface area contributed by atoms with Crippen molar-refractivity contribution in [2.45, 2.75) is 65.0 Å². The number of anilines is 1. The van der Waals surface area contributed by atoms with E-state index in [0.717, 1.165) is 57.4 Å². The summed E-state index contributed by atoms with van der Waals surface area (Å²) in [6, 6.07) is 4.92. The van der Waals surface area contributed by atoms with Crippen molar-refractivity contribution in [1.82, 2.24) is 10.2 Å². The second-order valence-corrected chi connectivity index (χ2v) is 9.13. The molecule has 0 unspecified atom stereocenters. The molecule has 0 spiro atoms. The van der Waals surface area contributed by atoms with E-state index in [1.807, 2.05) is 13.1 Å². The Hall–Kier alpha value is -2.69. The van der Waals surface area contributed by atoms with Crippen LogP contribution in [0.3, 0.4) is 0 Å². The Morgan fingerprint density at radius 3 is 2.68 bits per heavy atom. The highest BCUT2D eigenvalue weighted by molar-refractivity contribution is 5.81. The summed E-state index contributed by atoms with van der Waals surface area (Å²) in [4.78, 5) is 14.7. The van der Waals surface area contributed by atoms with Crippen LogP contribution in [0.5, 0.6) is 0 Å². The third-order valence-corrected chi connectivity index (χ3v) is 6.71. The molecule has 1 amide bonds. The Bertz CT molecular complexity index is 898. The molecule has 1 saturated heterocycles. The molecule has 4 rings (SSSR count). The molecular formula is C26H36N4O. The average molecular weight is 421 g/mol. The Kier molecular flexibility index (Phi) is 6.69. The molecule has 4 N–H and O–H groups in total.